The van der Waals surface area contributed by atoms with E-state index in [1.54, 1.807) is 47.4 Å². The molecule has 1 fully saturated rings. The summed E-state index contributed by atoms with van der Waals surface area (Å²) < 4.78 is 41.3. The lowest BCUT2D eigenvalue weighted by atomic mass is 9.55. The number of rotatable bonds is 21. The van der Waals surface area contributed by atoms with Crippen LogP contribution in [0.3, 0.4) is 0 Å². The van der Waals surface area contributed by atoms with Gasteiger partial charge in [-0.2, -0.15) is 0 Å². The van der Waals surface area contributed by atoms with Gasteiger partial charge in [-0.15, -0.1) is 6.58 Å². The molecule has 6 unspecified atom stereocenters. The minimum atomic E-state index is -1.56. The number of hydrogen-bond acceptors (Lipinski definition) is 11. The molecule has 2 N–H and O–H groups in total. The van der Waals surface area contributed by atoms with E-state index >= 15 is 0 Å². The predicted octanol–water partition coefficient (Wildman–Crippen LogP) is 10.6. The molecule has 68 heavy (non-hydrogen) atoms. The first-order valence-corrected chi connectivity index (χ1v) is 23.3. The van der Waals surface area contributed by atoms with Crippen molar-refractivity contribution in [3.8, 4) is 11.5 Å². The Bertz CT molecular complexity index is 2630. The number of methoxy groups -OCH3 is 1. The van der Waals surface area contributed by atoms with E-state index in [2.05, 4.69) is 12.7 Å². The second-order valence-corrected chi connectivity index (χ2v) is 17.6. The maximum atomic E-state index is 14.9. The number of benzene rings is 5. The summed E-state index contributed by atoms with van der Waals surface area (Å²) in [5.74, 6) is -1.95. The van der Waals surface area contributed by atoms with Crippen molar-refractivity contribution in [2.75, 3.05) is 26.9 Å². The molecule has 1 aliphatic heterocycles. The number of halogens is 1. The number of fused-ring (bicyclic) bond motifs is 3. The molecule has 1 saturated carbocycles. The van der Waals surface area contributed by atoms with Gasteiger partial charge in [-0.25, -0.2) is 9.18 Å². The third kappa shape index (κ3) is 10.1. The number of non-ortho nitro benzene ring substituents is 1. The molecule has 0 bridgehead atoms. The molecule has 6 atom stereocenters. The van der Waals surface area contributed by atoms with E-state index in [1.165, 1.54) is 25.3 Å². The fourth-order valence-corrected chi connectivity index (χ4v) is 10.4. The lowest BCUT2D eigenvalue weighted by Gasteiger charge is -2.59. The van der Waals surface area contributed by atoms with Crippen molar-refractivity contribution in [1.82, 2.24) is 4.90 Å². The largest absolute Gasteiger partial charge is 0.489 e. The molecule has 1 amide bonds. The van der Waals surface area contributed by atoms with Crippen molar-refractivity contribution in [3.05, 3.63) is 172 Å². The number of carbonyl (C=O) groups is 1. The number of oxime groups is 1. The topological polar surface area (TPSA) is 162 Å². The number of amides is 1. The molecular formula is C54H58FN3O10. The van der Waals surface area contributed by atoms with Crippen LogP contribution < -0.4 is 9.47 Å². The van der Waals surface area contributed by atoms with Crippen LogP contribution in [-0.2, 0) is 34.1 Å². The van der Waals surface area contributed by atoms with Gasteiger partial charge < -0.3 is 34.0 Å². The fourth-order valence-electron chi connectivity index (χ4n) is 10.4. The number of ether oxygens (including phenoxy) is 4. The Morgan fingerprint density at radius 2 is 1.68 bits per heavy atom. The number of aliphatic hydroxyl groups excluding tert-OH is 2. The Morgan fingerprint density at radius 3 is 2.43 bits per heavy atom. The van der Waals surface area contributed by atoms with Gasteiger partial charge in [-0.1, -0.05) is 90.8 Å². The van der Waals surface area contributed by atoms with Crippen molar-refractivity contribution in [3.63, 3.8) is 0 Å². The maximum absolute atomic E-state index is 14.9. The van der Waals surface area contributed by atoms with Gasteiger partial charge in [0.15, 0.2) is 0 Å². The van der Waals surface area contributed by atoms with Crippen molar-refractivity contribution in [2.24, 2.45) is 22.9 Å². The number of nitrogens with zero attached hydrogens (tertiary/aromatic N) is 3. The number of unbranched alkanes of at least 4 members (excludes halogenated alkanes) is 2. The number of hydrogen-bond donors (Lipinski definition) is 2. The molecule has 5 aromatic rings. The first-order chi connectivity index (χ1) is 33.2. The van der Waals surface area contributed by atoms with E-state index in [4.69, 9.17) is 28.9 Å². The third-order valence-electron chi connectivity index (χ3n) is 13.6. The molecule has 0 spiro atoms. The zero-order valence-electron chi connectivity index (χ0n) is 38.2. The summed E-state index contributed by atoms with van der Waals surface area (Å²) >= 11 is 0. The Hall–Kier alpha value is -6.61. The highest BCUT2D eigenvalue weighted by Crippen LogP contribution is 2.62. The standard InChI is InChI=1S/C54H58FN3O10/c1-3-29-66-54-50(57(53(61)64-2)33-39-17-12-16-37-13-4-6-18-43(37)39)32-48(56-67-34-36-21-23-41(24-22-36)58(62)63)45-30-38(14-8-10-27-59)44(19-9-11-28-60)51(52(45)54)46-31-42(25-26-49(46)68-54)65-35-40-15-5-7-20-47(40)55/h3-7,12-13,15-18,20-26,30-31,38,44,50-52,59-60H,1,8-11,14,19,27-29,32-35H2,2H3. The molecule has 13 nitrogen and oxygen atoms in total. The van der Waals surface area contributed by atoms with Gasteiger partial charge in [0.2, 0.25) is 5.79 Å². The number of carbonyl (C=O) groups excluding carboxylic acids is 1. The number of nitro benzene ring substituents is 1. The monoisotopic (exact) mass is 927 g/mol. The summed E-state index contributed by atoms with van der Waals surface area (Å²) in [5.41, 5.74) is 4.14. The zero-order valence-corrected chi connectivity index (χ0v) is 38.2. The highest BCUT2D eigenvalue weighted by atomic mass is 19.1. The normalized spacial score (nSPS) is 22.0. The molecule has 5 aromatic carbocycles. The molecule has 0 saturated heterocycles. The van der Waals surface area contributed by atoms with Crippen LogP contribution in [0.5, 0.6) is 11.5 Å². The molecule has 8 rings (SSSR count). The number of nitro groups is 1. The highest BCUT2D eigenvalue weighted by Gasteiger charge is 2.65. The average molecular weight is 928 g/mol. The van der Waals surface area contributed by atoms with Gasteiger partial charge in [0.25, 0.3) is 5.69 Å². The van der Waals surface area contributed by atoms with E-state index in [1.807, 2.05) is 54.6 Å². The van der Waals surface area contributed by atoms with Crippen molar-refractivity contribution >= 4 is 28.3 Å². The van der Waals surface area contributed by atoms with Gasteiger partial charge in [-0.05, 0) is 101 Å². The second kappa shape index (κ2) is 22.0. The van der Waals surface area contributed by atoms with Crippen molar-refractivity contribution < 1.29 is 48.1 Å². The Kier molecular flexibility index (Phi) is 15.5. The smallest absolute Gasteiger partial charge is 0.410 e. The van der Waals surface area contributed by atoms with Crippen LogP contribution >= 0.6 is 0 Å². The molecule has 0 aromatic heterocycles. The van der Waals surface area contributed by atoms with Crippen LogP contribution in [0.4, 0.5) is 14.9 Å². The molecule has 0 radical (unpaired) electrons. The predicted molar refractivity (Wildman–Crippen MR) is 255 cm³/mol. The van der Waals surface area contributed by atoms with Crippen LogP contribution in [0.1, 0.15) is 73.1 Å². The summed E-state index contributed by atoms with van der Waals surface area (Å²) in [6.45, 7) is 4.30. The third-order valence-corrected chi connectivity index (χ3v) is 13.6. The second-order valence-electron chi connectivity index (χ2n) is 17.6. The van der Waals surface area contributed by atoms with Gasteiger partial charge in [0, 0.05) is 48.8 Å². The van der Waals surface area contributed by atoms with Crippen molar-refractivity contribution in [1.29, 1.82) is 0 Å². The lowest BCUT2D eigenvalue weighted by Crippen LogP contribution is -2.70. The van der Waals surface area contributed by atoms with Crippen LogP contribution in [0.2, 0.25) is 0 Å². The molecule has 1 heterocycles. The van der Waals surface area contributed by atoms with E-state index in [0.29, 0.717) is 41.2 Å². The van der Waals surface area contributed by atoms with E-state index in [-0.39, 0.29) is 75.3 Å². The highest BCUT2D eigenvalue weighted by molar-refractivity contribution is 6.03. The zero-order chi connectivity index (χ0) is 47.6. The number of aliphatic hydroxyl groups is 2. The van der Waals surface area contributed by atoms with Gasteiger partial charge in [0.1, 0.15) is 36.6 Å². The Labute approximate surface area is 395 Å². The van der Waals surface area contributed by atoms with E-state index in [9.17, 15) is 29.5 Å². The quantitative estimate of drug-likeness (QED) is 0.0313. The van der Waals surface area contributed by atoms with E-state index < -0.39 is 28.8 Å². The summed E-state index contributed by atoms with van der Waals surface area (Å²) in [6, 6.07) is 31.3. The van der Waals surface area contributed by atoms with Gasteiger partial charge >= 0.3 is 6.09 Å². The minimum absolute atomic E-state index is 0.00506. The summed E-state index contributed by atoms with van der Waals surface area (Å²) in [6.07, 6.45) is 7.55. The van der Waals surface area contributed by atoms with Gasteiger partial charge in [0.05, 0.1) is 36.8 Å². The molecule has 2 aliphatic carbocycles. The summed E-state index contributed by atoms with van der Waals surface area (Å²) in [7, 11) is 1.35. The first-order valence-electron chi connectivity index (χ1n) is 23.3. The van der Waals surface area contributed by atoms with E-state index in [0.717, 1.165) is 53.2 Å². The molecule has 3 aliphatic rings. The van der Waals surface area contributed by atoms with Crippen LogP contribution in [0, 0.1) is 33.7 Å². The Morgan fingerprint density at radius 1 is 0.941 bits per heavy atom. The lowest BCUT2D eigenvalue weighted by molar-refractivity contribution is -0.384. The van der Waals surface area contributed by atoms with Crippen LogP contribution in [0.15, 0.2) is 139 Å². The number of allylic oxidation sites excluding steroid dienone is 1. The summed E-state index contributed by atoms with van der Waals surface area (Å²) in [4.78, 5) is 33.4. The average Bonchev–Trinajstić information content (AvgIpc) is 3.36. The maximum Gasteiger partial charge on any atom is 0.410 e. The van der Waals surface area contributed by atoms with Crippen LogP contribution in [-0.4, -0.2) is 70.6 Å². The van der Waals surface area contributed by atoms with Gasteiger partial charge in [-0.3, -0.25) is 15.0 Å². The summed E-state index contributed by atoms with van der Waals surface area (Å²) in [5, 5.41) is 38.3. The molecule has 356 valence electrons. The minimum Gasteiger partial charge on any atom is -0.489 e. The fraction of sp³-hybridized carbons (Fsp3) is 0.370. The first kappa shape index (κ1) is 47.9. The van der Waals surface area contributed by atoms with Crippen molar-refractivity contribution in [2.45, 2.75) is 82.5 Å². The van der Waals surface area contributed by atoms with Crippen LogP contribution in [0.25, 0.3) is 10.8 Å². The molecule has 14 heteroatoms. The SMILES string of the molecule is C=CCOC12Oc3ccc(OCc4ccccc4F)cc3C3C(CCCCO)C(CCCCO)C=C(C(=NOCc4ccc([N+](=O)[O-])cc4)CC1N(Cc1cccc4ccccc14)C(=O)OC)C32. The Balaban J connectivity index is 1.32. The molecular weight excluding hydrogens is 870 g/mol.